The van der Waals surface area contributed by atoms with Gasteiger partial charge in [-0.2, -0.15) is 17.0 Å². The van der Waals surface area contributed by atoms with E-state index in [-0.39, 0.29) is 24.5 Å². The van der Waals surface area contributed by atoms with Gasteiger partial charge in [-0.15, -0.1) is 0 Å². The topological polar surface area (TPSA) is 100 Å². The van der Waals surface area contributed by atoms with Gasteiger partial charge in [0.15, 0.2) is 5.13 Å². The minimum absolute atomic E-state index is 0.0998. The number of hydrogen-bond donors (Lipinski definition) is 0. The Hall–Kier alpha value is -2.08. The number of anilines is 1. The minimum atomic E-state index is -3.63. The largest absolute Gasteiger partial charge is 0.461 e. The molecule has 0 bridgehead atoms. The first-order chi connectivity index (χ1) is 15.1. The number of benzene rings is 1. The van der Waals surface area contributed by atoms with Crippen LogP contribution in [0.2, 0.25) is 0 Å². The second-order valence-electron chi connectivity index (χ2n) is 8.36. The molecule has 0 spiro atoms. The first kappa shape index (κ1) is 23.1. The number of carbonyl (C=O) groups excluding carboxylic acids is 2. The molecule has 2 aromatic rings. The van der Waals surface area contributed by atoms with E-state index in [2.05, 4.69) is 4.98 Å². The van der Waals surface area contributed by atoms with Crippen molar-refractivity contribution in [3.05, 3.63) is 23.8 Å². The van der Waals surface area contributed by atoms with E-state index in [9.17, 15) is 18.0 Å². The number of amides is 1. The van der Waals surface area contributed by atoms with E-state index >= 15 is 0 Å². The molecule has 11 heteroatoms. The summed E-state index contributed by atoms with van der Waals surface area (Å²) in [4.78, 5) is 30.7. The third-order valence-corrected chi connectivity index (χ3v) is 9.17. The van der Waals surface area contributed by atoms with Crippen LogP contribution in [0.3, 0.4) is 0 Å². The van der Waals surface area contributed by atoms with Crippen LogP contribution in [0.4, 0.5) is 5.13 Å². The maximum Gasteiger partial charge on any atom is 0.302 e. The zero-order valence-corrected chi connectivity index (χ0v) is 20.3. The second-order valence-corrected chi connectivity index (χ2v) is 11.4. The molecule has 0 saturated carbocycles. The van der Waals surface area contributed by atoms with Crippen molar-refractivity contribution in [2.45, 2.75) is 52.3 Å². The van der Waals surface area contributed by atoms with Gasteiger partial charge in [-0.25, -0.2) is 4.98 Å². The van der Waals surface area contributed by atoms with Crippen molar-refractivity contribution in [1.29, 1.82) is 0 Å². The number of aromatic nitrogens is 1. The number of carbonyl (C=O) groups is 2. The van der Waals surface area contributed by atoms with Gasteiger partial charge in [0, 0.05) is 27.1 Å². The van der Waals surface area contributed by atoms with Gasteiger partial charge in [0.25, 0.3) is 10.2 Å². The Kier molecular flexibility index (Phi) is 6.27. The van der Waals surface area contributed by atoms with Gasteiger partial charge in [-0.1, -0.05) is 31.3 Å². The van der Waals surface area contributed by atoms with Crippen LogP contribution in [0.5, 0.6) is 0 Å². The highest BCUT2D eigenvalue weighted by Crippen LogP contribution is 2.43. The maximum absolute atomic E-state index is 13.2. The lowest BCUT2D eigenvalue weighted by atomic mass is 10.0. The Morgan fingerprint density at radius 2 is 2.12 bits per heavy atom. The lowest BCUT2D eigenvalue weighted by Gasteiger charge is -2.29. The molecule has 0 aliphatic carbocycles. The molecule has 1 aromatic carbocycles. The van der Waals surface area contributed by atoms with Gasteiger partial charge >= 0.3 is 5.97 Å². The Balaban J connectivity index is 1.62. The summed E-state index contributed by atoms with van der Waals surface area (Å²) in [6.45, 7) is 6.12. The summed E-state index contributed by atoms with van der Waals surface area (Å²) >= 11 is 1.40. The Morgan fingerprint density at radius 3 is 2.81 bits per heavy atom. The molecule has 3 atom stereocenters. The van der Waals surface area contributed by atoms with Crippen molar-refractivity contribution >= 4 is 48.8 Å². The van der Waals surface area contributed by atoms with Gasteiger partial charge in [-0.3, -0.25) is 14.5 Å². The number of fused-ring (bicyclic) bond motifs is 2. The molecule has 1 aromatic heterocycles. The highest BCUT2D eigenvalue weighted by Gasteiger charge is 2.56. The van der Waals surface area contributed by atoms with Gasteiger partial charge in [0.05, 0.1) is 28.2 Å². The number of rotatable bonds is 7. The summed E-state index contributed by atoms with van der Waals surface area (Å²) in [5, 5.41) is 0.579. The first-order valence-corrected chi connectivity index (χ1v) is 13.0. The van der Waals surface area contributed by atoms with Crippen molar-refractivity contribution in [3.63, 3.8) is 0 Å². The number of nitrogens with zero attached hydrogens (tertiary/aromatic N) is 4. The summed E-state index contributed by atoms with van der Waals surface area (Å²) in [5.74, 6) is -0.890. The Bertz CT molecular complexity index is 1150. The summed E-state index contributed by atoms with van der Waals surface area (Å²) in [6.07, 6.45) is 1.30. The molecule has 2 aliphatic rings. The highest BCUT2D eigenvalue weighted by atomic mass is 32.2. The summed E-state index contributed by atoms with van der Waals surface area (Å²) in [6, 6.07) is 4.97. The molecule has 3 heterocycles. The molecule has 9 nitrogen and oxygen atoms in total. The van der Waals surface area contributed by atoms with Crippen LogP contribution < -0.4 is 4.90 Å². The summed E-state index contributed by atoms with van der Waals surface area (Å²) < 4.78 is 35.1. The van der Waals surface area contributed by atoms with E-state index in [0.717, 1.165) is 22.2 Å². The third kappa shape index (κ3) is 3.91. The van der Waals surface area contributed by atoms with Gasteiger partial charge < -0.3 is 4.74 Å². The number of thiazole rings is 1. The fourth-order valence-electron chi connectivity index (χ4n) is 4.61. The molecule has 0 unspecified atom stereocenters. The quantitative estimate of drug-likeness (QED) is 0.564. The van der Waals surface area contributed by atoms with Crippen LogP contribution in [0.1, 0.15) is 39.2 Å². The van der Waals surface area contributed by atoms with E-state index in [0.29, 0.717) is 24.6 Å². The molecular formula is C21H28N4O5S2. The molecule has 4 rings (SSSR count). The van der Waals surface area contributed by atoms with Crippen LogP contribution in [0, 0.1) is 5.92 Å². The molecule has 2 fully saturated rings. The number of hydrogen-bond acceptors (Lipinski definition) is 7. The molecule has 2 aliphatic heterocycles. The Labute approximate surface area is 192 Å². The molecular weight excluding hydrogens is 452 g/mol. The third-order valence-electron chi connectivity index (χ3n) is 6.16. The lowest BCUT2D eigenvalue weighted by molar-refractivity contribution is -0.142. The molecule has 2 saturated heterocycles. The van der Waals surface area contributed by atoms with Crippen molar-refractivity contribution in [2.24, 2.45) is 5.92 Å². The SMILES string of the molecule is CCCN(C)S(=O)(=O)N1CC[C@H]2[C@H]1[C@H](C)C(=O)N2c1nc2ccc(COC(C)=O)cc2s1. The van der Waals surface area contributed by atoms with Crippen LogP contribution >= 0.6 is 11.3 Å². The van der Waals surface area contributed by atoms with Crippen LogP contribution in [-0.4, -0.2) is 66.1 Å². The van der Waals surface area contributed by atoms with E-state index in [1.807, 2.05) is 25.1 Å². The van der Waals surface area contributed by atoms with Crippen LogP contribution in [0.15, 0.2) is 18.2 Å². The summed E-state index contributed by atoms with van der Waals surface area (Å²) in [5.41, 5.74) is 1.60. The maximum atomic E-state index is 13.2. The van der Waals surface area contributed by atoms with Gasteiger partial charge in [-0.05, 0) is 30.5 Å². The molecule has 174 valence electrons. The zero-order valence-electron chi connectivity index (χ0n) is 18.6. The second kappa shape index (κ2) is 8.69. The van der Waals surface area contributed by atoms with E-state index in [4.69, 9.17) is 4.74 Å². The fraction of sp³-hybridized carbons (Fsp3) is 0.571. The van der Waals surface area contributed by atoms with E-state index in [1.165, 1.54) is 26.9 Å². The lowest BCUT2D eigenvalue weighted by Crippen LogP contribution is -2.48. The molecule has 0 N–H and O–H groups in total. The first-order valence-electron chi connectivity index (χ1n) is 10.7. The molecule has 32 heavy (non-hydrogen) atoms. The van der Waals surface area contributed by atoms with Crippen molar-refractivity contribution in [3.8, 4) is 0 Å². The van der Waals surface area contributed by atoms with Crippen LogP contribution in [0.25, 0.3) is 10.2 Å². The van der Waals surface area contributed by atoms with E-state index < -0.39 is 22.2 Å². The average molecular weight is 481 g/mol. The highest BCUT2D eigenvalue weighted by molar-refractivity contribution is 7.86. The normalized spacial score (nSPS) is 24.0. The van der Waals surface area contributed by atoms with Gasteiger partial charge in [0.2, 0.25) is 5.91 Å². The monoisotopic (exact) mass is 480 g/mol. The van der Waals surface area contributed by atoms with Crippen LogP contribution in [-0.2, 0) is 31.1 Å². The predicted octanol–water partition coefficient (Wildman–Crippen LogP) is 2.37. The predicted molar refractivity (Wildman–Crippen MR) is 122 cm³/mol. The molecule has 1 amide bonds. The van der Waals surface area contributed by atoms with Crippen molar-refractivity contribution in [2.75, 3.05) is 25.0 Å². The van der Waals surface area contributed by atoms with Crippen molar-refractivity contribution in [1.82, 2.24) is 13.6 Å². The average Bonchev–Trinajstić information content (AvgIpc) is 3.41. The standard InChI is InChI=1S/C21H28N4O5S2/c1-5-9-23(4)32(28,29)24-10-8-17-19(24)13(2)20(27)25(17)21-22-16-7-6-15(11-18(16)31-21)12-30-14(3)26/h6-7,11,13,17,19H,5,8-10,12H2,1-4H3/t13-,17-,19+/m0/s1. The number of esters is 1. The zero-order chi connectivity index (χ0) is 23.2. The number of ether oxygens (including phenoxy) is 1. The minimum Gasteiger partial charge on any atom is -0.461 e. The Morgan fingerprint density at radius 1 is 1.38 bits per heavy atom. The van der Waals surface area contributed by atoms with Crippen molar-refractivity contribution < 1.29 is 22.7 Å². The van der Waals surface area contributed by atoms with E-state index in [1.54, 1.807) is 18.9 Å². The fourth-order valence-corrected chi connectivity index (χ4v) is 7.45. The molecule has 0 radical (unpaired) electrons. The van der Waals surface area contributed by atoms with Gasteiger partial charge in [0.1, 0.15) is 6.61 Å². The smallest absolute Gasteiger partial charge is 0.302 e. The summed E-state index contributed by atoms with van der Waals surface area (Å²) in [7, 11) is -2.04.